The molecule has 3 rings (SSSR count). The highest BCUT2D eigenvalue weighted by Crippen LogP contribution is 2.41. The summed E-state index contributed by atoms with van der Waals surface area (Å²) in [6.07, 6.45) is 6.93. The second kappa shape index (κ2) is 7.02. The van der Waals surface area contributed by atoms with Gasteiger partial charge in [-0.3, -0.25) is 0 Å². The molecule has 2 aromatic rings. The van der Waals surface area contributed by atoms with Crippen LogP contribution in [0.1, 0.15) is 37.7 Å². The third-order valence-corrected chi connectivity index (χ3v) is 5.56. The molecule has 1 aliphatic carbocycles. The molecule has 0 aliphatic heterocycles. The van der Waals surface area contributed by atoms with Crippen molar-refractivity contribution in [3.05, 3.63) is 71.2 Å². The van der Waals surface area contributed by atoms with Gasteiger partial charge < -0.3 is 5.11 Å². The highest BCUT2D eigenvalue weighted by molar-refractivity contribution is 9.10. The van der Waals surface area contributed by atoms with Crippen molar-refractivity contribution in [2.24, 2.45) is 5.92 Å². The normalized spacial score (nSPS) is 24.3. The fourth-order valence-corrected chi connectivity index (χ4v) is 3.79. The number of rotatable bonds is 4. The van der Waals surface area contributed by atoms with Gasteiger partial charge in [-0.05, 0) is 66.8 Å². The summed E-state index contributed by atoms with van der Waals surface area (Å²) in [4.78, 5) is 0. The monoisotopic (exact) mass is 370 g/mol. The molecule has 0 spiro atoms. The summed E-state index contributed by atoms with van der Waals surface area (Å²) in [6, 6.07) is 16.7. The fraction of sp³-hybridized carbons (Fsp3) is 0.333. The van der Waals surface area contributed by atoms with Crippen LogP contribution in [0.2, 0.25) is 0 Å². The number of hydrogen-bond donors (Lipinski definition) is 1. The van der Waals surface area contributed by atoms with Gasteiger partial charge >= 0.3 is 0 Å². The van der Waals surface area contributed by atoms with Gasteiger partial charge in [-0.1, -0.05) is 58.4 Å². The molecule has 1 N–H and O–H groups in total. The minimum Gasteiger partial charge on any atom is -0.385 e. The van der Waals surface area contributed by atoms with Gasteiger partial charge in [0.2, 0.25) is 0 Å². The van der Waals surface area contributed by atoms with Crippen molar-refractivity contribution in [3.8, 4) is 11.1 Å². The van der Waals surface area contributed by atoms with Crippen LogP contribution in [0.3, 0.4) is 0 Å². The molecule has 120 valence electrons. The zero-order valence-corrected chi connectivity index (χ0v) is 14.9. The molecule has 1 nitrogen and oxygen atoms in total. The van der Waals surface area contributed by atoms with Gasteiger partial charge in [-0.15, -0.1) is 6.58 Å². The SMILES string of the molecule is C=CCC1CCC(O)(c2ccc(-c3ccc(Br)cc3)cc2)CC1. The Morgan fingerprint density at radius 2 is 1.52 bits per heavy atom. The van der Waals surface area contributed by atoms with Crippen molar-refractivity contribution in [3.63, 3.8) is 0 Å². The number of aliphatic hydroxyl groups is 1. The first-order chi connectivity index (χ1) is 11.1. The molecule has 0 heterocycles. The van der Waals surface area contributed by atoms with E-state index in [0.717, 1.165) is 42.1 Å². The van der Waals surface area contributed by atoms with Crippen LogP contribution in [0.5, 0.6) is 0 Å². The van der Waals surface area contributed by atoms with E-state index in [-0.39, 0.29) is 0 Å². The first-order valence-corrected chi connectivity index (χ1v) is 9.10. The first-order valence-electron chi connectivity index (χ1n) is 8.30. The molecule has 0 unspecified atom stereocenters. The zero-order valence-electron chi connectivity index (χ0n) is 13.3. The Kier molecular flexibility index (Phi) is 5.03. The van der Waals surface area contributed by atoms with Gasteiger partial charge in [0.15, 0.2) is 0 Å². The number of benzene rings is 2. The summed E-state index contributed by atoms with van der Waals surface area (Å²) in [5, 5.41) is 11.0. The lowest BCUT2D eigenvalue weighted by molar-refractivity contribution is -0.0138. The van der Waals surface area contributed by atoms with Crippen molar-refractivity contribution in [1.82, 2.24) is 0 Å². The van der Waals surface area contributed by atoms with Crippen LogP contribution in [-0.4, -0.2) is 5.11 Å². The van der Waals surface area contributed by atoms with Gasteiger partial charge in [0.25, 0.3) is 0 Å². The van der Waals surface area contributed by atoms with E-state index in [9.17, 15) is 5.11 Å². The van der Waals surface area contributed by atoms with Crippen molar-refractivity contribution < 1.29 is 5.11 Å². The maximum atomic E-state index is 11.0. The molecule has 2 heteroatoms. The molecule has 0 atom stereocenters. The van der Waals surface area contributed by atoms with E-state index in [1.54, 1.807) is 0 Å². The minimum absolute atomic E-state index is 0.657. The first kappa shape index (κ1) is 16.5. The largest absolute Gasteiger partial charge is 0.385 e. The molecule has 0 bridgehead atoms. The van der Waals surface area contributed by atoms with Gasteiger partial charge in [0, 0.05) is 4.47 Å². The molecular weight excluding hydrogens is 348 g/mol. The van der Waals surface area contributed by atoms with Gasteiger partial charge in [-0.25, -0.2) is 0 Å². The van der Waals surface area contributed by atoms with Gasteiger partial charge in [0.05, 0.1) is 5.60 Å². The van der Waals surface area contributed by atoms with E-state index >= 15 is 0 Å². The van der Waals surface area contributed by atoms with E-state index in [1.807, 2.05) is 6.08 Å². The maximum Gasteiger partial charge on any atom is 0.0896 e. The van der Waals surface area contributed by atoms with Crippen molar-refractivity contribution in [1.29, 1.82) is 0 Å². The molecular formula is C21H23BrO. The van der Waals surface area contributed by atoms with Crippen LogP contribution in [0, 0.1) is 5.92 Å². The summed E-state index contributed by atoms with van der Waals surface area (Å²) in [5.74, 6) is 0.690. The van der Waals surface area contributed by atoms with Crippen LogP contribution in [0.15, 0.2) is 65.7 Å². The van der Waals surface area contributed by atoms with Crippen molar-refractivity contribution >= 4 is 15.9 Å². The Hall–Kier alpha value is -1.38. The van der Waals surface area contributed by atoms with Crippen LogP contribution >= 0.6 is 15.9 Å². The summed E-state index contributed by atoms with van der Waals surface area (Å²) in [6.45, 7) is 3.83. The molecule has 2 aromatic carbocycles. The molecule has 23 heavy (non-hydrogen) atoms. The Bertz CT molecular complexity index is 649. The number of hydrogen-bond acceptors (Lipinski definition) is 1. The van der Waals surface area contributed by atoms with Gasteiger partial charge in [0.1, 0.15) is 0 Å². The Morgan fingerprint density at radius 1 is 1.00 bits per heavy atom. The van der Waals surface area contributed by atoms with Crippen LogP contribution in [0.25, 0.3) is 11.1 Å². The molecule has 0 amide bonds. The third-order valence-electron chi connectivity index (χ3n) is 5.03. The second-order valence-corrected chi connectivity index (χ2v) is 7.50. The summed E-state index contributed by atoms with van der Waals surface area (Å²) in [7, 11) is 0. The highest BCUT2D eigenvalue weighted by Gasteiger charge is 2.34. The van der Waals surface area contributed by atoms with E-state index in [1.165, 1.54) is 11.1 Å². The van der Waals surface area contributed by atoms with E-state index in [2.05, 4.69) is 71.0 Å². The lowest BCUT2D eigenvalue weighted by atomic mass is 9.74. The topological polar surface area (TPSA) is 20.2 Å². The molecule has 1 fully saturated rings. The lowest BCUT2D eigenvalue weighted by Crippen LogP contribution is -2.31. The predicted octanol–water partition coefficient (Wildman–Crippen LogP) is 6.07. The molecule has 0 radical (unpaired) electrons. The zero-order chi connectivity index (χ0) is 16.3. The molecule has 0 saturated heterocycles. The molecule has 1 saturated carbocycles. The molecule has 0 aromatic heterocycles. The van der Waals surface area contributed by atoms with E-state index in [4.69, 9.17) is 0 Å². The molecule has 1 aliphatic rings. The van der Waals surface area contributed by atoms with Crippen LogP contribution in [0.4, 0.5) is 0 Å². The summed E-state index contributed by atoms with van der Waals surface area (Å²) in [5.41, 5.74) is 2.78. The number of allylic oxidation sites excluding steroid dienone is 1. The Labute approximate surface area is 147 Å². The average molecular weight is 371 g/mol. The Morgan fingerprint density at radius 3 is 2.04 bits per heavy atom. The van der Waals surface area contributed by atoms with E-state index < -0.39 is 5.60 Å². The minimum atomic E-state index is -0.657. The van der Waals surface area contributed by atoms with Crippen molar-refractivity contribution in [2.45, 2.75) is 37.7 Å². The highest BCUT2D eigenvalue weighted by atomic mass is 79.9. The summed E-state index contributed by atoms with van der Waals surface area (Å²) >= 11 is 3.47. The van der Waals surface area contributed by atoms with E-state index in [0.29, 0.717) is 5.92 Å². The van der Waals surface area contributed by atoms with Gasteiger partial charge in [-0.2, -0.15) is 0 Å². The third kappa shape index (κ3) is 3.76. The van der Waals surface area contributed by atoms with Crippen LogP contribution in [-0.2, 0) is 5.60 Å². The number of halogens is 1. The Balaban J connectivity index is 1.74. The standard InChI is InChI=1S/C21H23BrO/c1-2-3-16-12-14-21(23,15-13-16)19-8-4-17(5-9-19)18-6-10-20(22)11-7-18/h2,4-11,16,23H,1,3,12-15H2. The average Bonchev–Trinajstić information content (AvgIpc) is 2.58. The second-order valence-electron chi connectivity index (χ2n) is 6.58. The van der Waals surface area contributed by atoms with Crippen molar-refractivity contribution in [2.75, 3.05) is 0 Å². The quantitative estimate of drug-likeness (QED) is 0.647. The lowest BCUT2D eigenvalue weighted by Gasteiger charge is -2.36. The summed E-state index contributed by atoms with van der Waals surface area (Å²) < 4.78 is 1.09. The maximum absolute atomic E-state index is 11.0. The smallest absolute Gasteiger partial charge is 0.0896 e. The predicted molar refractivity (Wildman–Crippen MR) is 100 cm³/mol. The van der Waals surface area contributed by atoms with Crippen LogP contribution < -0.4 is 0 Å². The fourth-order valence-electron chi connectivity index (χ4n) is 3.53.